The van der Waals surface area contributed by atoms with Gasteiger partial charge in [-0.05, 0) is 23.8 Å². The maximum Gasteiger partial charge on any atom is 1.00 e. The Morgan fingerprint density at radius 3 is 1.45 bits per heavy atom. The number of nitrogens with zero attached hydrogens (tertiary/aromatic N) is 8. The maximum absolute atomic E-state index is 12.4. The Hall–Kier alpha value is -0.300. The van der Waals surface area contributed by atoms with Gasteiger partial charge >= 0.3 is 118 Å². The second-order valence-corrected chi connectivity index (χ2v) is 13.7. The van der Waals surface area contributed by atoms with Gasteiger partial charge in [0.15, 0.2) is 11.6 Å². The van der Waals surface area contributed by atoms with Crippen LogP contribution in [0.4, 0.5) is 17.6 Å². The summed E-state index contributed by atoms with van der Waals surface area (Å²) >= 11 is 10.2. The number of rotatable bonds is 16. The number of aliphatic hydroxyl groups is 4. The van der Waals surface area contributed by atoms with Crippen LogP contribution in [-0.2, 0) is 45.5 Å². The van der Waals surface area contributed by atoms with Crippen LogP contribution in [-0.4, -0.2) is 129 Å². The fourth-order valence-corrected chi connectivity index (χ4v) is 6.46. The van der Waals surface area contributed by atoms with E-state index in [2.05, 4.69) is 29.9 Å². The van der Waals surface area contributed by atoms with Crippen LogP contribution in [0.3, 0.4) is 0 Å². The SMILES string of the molecule is Nc1cc(-c2nc([S-])nc(N(CCO)CCO)n2)cc(S(=O)(=O)[O-])c1C=Cc1ccc(-c2nc([S-])nc(N(CCO)CCO)n2)cc1S(=O)(=O)[O-].[Na+].[Na+].[Na+].[Na+]. The third kappa shape index (κ3) is 15.0. The summed E-state index contributed by atoms with van der Waals surface area (Å²) in [4.78, 5) is 25.8. The van der Waals surface area contributed by atoms with Crippen molar-refractivity contribution in [3.63, 3.8) is 0 Å². The Labute approximate surface area is 416 Å². The zero-order valence-corrected chi connectivity index (χ0v) is 41.5. The molecule has 0 amide bonds. The van der Waals surface area contributed by atoms with Crippen LogP contribution in [0.15, 0.2) is 50.4 Å². The van der Waals surface area contributed by atoms with Crippen molar-refractivity contribution in [2.24, 2.45) is 0 Å². The molecule has 4 aromatic rings. The zero-order chi connectivity index (χ0) is 37.5. The Balaban J connectivity index is 0.00000729. The molecular weight excluding hydrogens is 843 g/mol. The fraction of sp³-hybridized carbons (Fsp3) is 0.286. The minimum Gasteiger partial charge on any atom is -0.744 e. The Kier molecular flexibility index (Phi) is 24.6. The number of anilines is 3. The summed E-state index contributed by atoms with van der Waals surface area (Å²) in [6, 6.07) is 5.70. The third-order valence-corrected chi connectivity index (χ3v) is 9.06. The second kappa shape index (κ2) is 24.7. The van der Waals surface area contributed by atoms with E-state index in [4.69, 9.17) is 31.0 Å². The van der Waals surface area contributed by atoms with E-state index in [1.165, 1.54) is 28.0 Å². The molecule has 0 atom stereocenters. The van der Waals surface area contributed by atoms with Crippen molar-refractivity contribution in [2.75, 3.05) is 68.1 Å². The summed E-state index contributed by atoms with van der Waals surface area (Å²) in [6.45, 7) is -1.14. The molecule has 2 aromatic heterocycles. The van der Waals surface area contributed by atoms with Gasteiger partial charge in [0.1, 0.15) is 20.2 Å². The van der Waals surface area contributed by atoms with E-state index in [-0.39, 0.29) is 233 Å². The largest absolute Gasteiger partial charge is 1.00 e. The molecule has 0 aliphatic rings. The van der Waals surface area contributed by atoms with Crippen LogP contribution < -0.4 is 134 Å². The van der Waals surface area contributed by atoms with Crippen LogP contribution in [0.25, 0.3) is 34.9 Å². The molecule has 4 rings (SSSR count). The number of nitrogens with two attached hydrogens (primary N) is 1. The molecule has 0 aliphatic carbocycles. The molecule has 0 unspecified atom stereocenters. The number of hydrogen-bond acceptors (Lipinski definition) is 21. The fourth-order valence-electron chi connectivity index (χ4n) is 4.70. The number of nitrogen functional groups attached to an aromatic ring is 1. The van der Waals surface area contributed by atoms with Gasteiger partial charge in [0.2, 0.25) is 11.9 Å². The van der Waals surface area contributed by atoms with E-state index in [1.807, 2.05) is 0 Å². The molecule has 6 N–H and O–H groups in total. The molecule has 2 aromatic carbocycles. The monoisotopic (exact) mass is 871 g/mol. The van der Waals surface area contributed by atoms with Crippen LogP contribution in [0, 0.1) is 0 Å². The minimum absolute atomic E-state index is 0. The number of benzene rings is 2. The summed E-state index contributed by atoms with van der Waals surface area (Å²) in [7, 11) is -10.4. The van der Waals surface area contributed by atoms with Crippen LogP contribution in [0.2, 0.25) is 0 Å². The molecule has 0 saturated heterocycles. The Bertz CT molecular complexity index is 2150. The molecule has 0 aliphatic heterocycles. The van der Waals surface area contributed by atoms with Crippen molar-refractivity contribution in [3.8, 4) is 22.8 Å². The van der Waals surface area contributed by atoms with Crippen molar-refractivity contribution >= 4 is 75.2 Å². The van der Waals surface area contributed by atoms with Gasteiger partial charge < -0.3 is 70.3 Å². The average Bonchev–Trinajstić information content (AvgIpc) is 3.05. The quantitative estimate of drug-likeness (QED) is 0.0230. The van der Waals surface area contributed by atoms with Crippen molar-refractivity contribution in [1.29, 1.82) is 0 Å². The van der Waals surface area contributed by atoms with Gasteiger partial charge in [-0.25, -0.2) is 36.8 Å². The molecule has 0 saturated carbocycles. The summed E-state index contributed by atoms with van der Waals surface area (Å²) in [5.41, 5.74) is 5.35. The topological polar surface area (TPSA) is 305 Å². The first kappa shape index (κ1) is 54.7. The zero-order valence-electron chi connectivity index (χ0n) is 30.2. The van der Waals surface area contributed by atoms with Gasteiger partial charge in [-0.3, -0.25) is 0 Å². The van der Waals surface area contributed by atoms with Gasteiger partial charge in [-0.2, -0.15) is 9.97 Å². The third-order valence-electron chi connectivity index (χ3n) is 6.92. The first-order chi connectivity index (χ1) is 24.1. The van der Waals surface area contributed by atoms with E-state index >= 15 is 0 Å². The van der Waals surface area contributed by atoms with E-state index in [1.54, 1.807) is 0 Å². The van der Waals surface area contributed by atoms with Gasteiger partial charge in [-0.15, -0.1) is 0 Å². The summed E-state index contributed by atoms with van der Waals surface area (Å²) < 4.78 is 74.5. The Morgan fingerprint density at radius 2 is 1.04 bits per heavy atom. The summed E-state index contributed by atoms with van der Waals surface area (Å²) in [5.74, 6) is -0.348. The van der Waals surface area contributed by atoms with E-state index < -0.39 is 30.0 Å². The molecule has 19 nitrogen and oxygen atoms in total. The van der Waals surface area contributed by atoms with Gasteiger partial charge in [0.05, 0.1) is 36.2 Å². The van der Waals surface area contributed by atoms with E-state index in [0.29, 0.717) is 0 Å². The van der Waals surface area contributed by atoms with Crippen molar-refractivity contribution in [1.82, 2.24) is 29.9 Å². The molecule has 0 bridgehead atoms. The first-order valence-corrected chi connectivity index (χ1v) is 18.2. The molecule has 0 radical (unpaired) electrons. The van der Waals surface area contributed by atoms with Gasteiger partial charge in [-0.1, -0.05) is 24.3 Å². The first-order valence-electron chi connectivity index (χ1n) is 14.6. The normalized spacial score (nSPS) is 11.2. The number of aliphatic hydroxyl groups excluding tert-OH is 4. The molecule has 274 valence electrons. The standard InChI is InChI=1S/C28H33N9O10S4.4Na/c29-20-13-18(24-31-26(35-28(49)33-24)37(7-11-40)8-12-41)15-22(51(45,46)47)19(20)4-3-16-1-2-17(14-21(16)50(42,43)44)23-30-25(34-27(48)32-23)36(5-9-38)6-10-39;;;;/h1-4,13-15,38-41H,5-12,29H2,(H,42,43,44)(H,45,46,47)(H,30,32,34,48)(H,31,33,35,49);;;;/q;4*+1/p-4. The van der Waals surface area contributed by atoms with E-state index in [9.17, 15) is 46.4 Å². The molecule has 2 heterocycles. The number of hydrogen-bond donors (Lipinski definition) is 5. The number of aromatic nitrogens is 6. The van der Waals surface area contributed by atoms with E-state index in [0.717, 1.165) is 24.3 Å². The van der Waals surface area contributed by atoms with Crippen LogP contribution in [0.5, 0.6) is 0 Å². The van der Waals surface area contributed by atoms with Gasteiger partial charge in [0.25, 0.3) is 0 Å². The molecular formula is C28H29N9Na4O10S4. The summed E-state index contributed by atoms with van der Waals surface area (Å²) in [6.07, 6.45) is 2.11. The average molecular weight is 872 g/mol. The van der Waals surface area contributed by atoms with Gasteiger partial charge in [0, 0.05) is 58.9 Å². The predicted octanol–water partition coefficient (Wildman–Crippen LogP) is -13.6. The molecule has 0 fully saturated rings. The Morgan fingerprint density at radius 1 is 0.618 bits per heavy atom. The van der Waals surface area contributed by atoms with Crippen molar-refractivity contribution in [2.45, 2.75) is 20.1 Å². The molecule has 55 heavy (non-hydrogen) atoms. The minimum atomic E-state index is -5.25. The van der Waals surface area contributed by atoms with Crippen LogP contribution >= 0.6 is 0 Å². The molecule has 0 spiro atoms. The van der Waals surface area contributed by atoms with Crippen LogP contribution in [0.1, 0.15) is 11.1 Å². The maximum atomic E-state index is 12.4. The van der Waals surface area contributed by atoms with Crippen molar-refractivity contribution < 1.29 is 165 Å². The predicted molar refractivity (Wildman–Crippen MR) is 184 cm³/mol. The van der Waals surface area contributed by atoms with Crippen molar-refractivity contribution in [3.05, 3.63) is 41.5 Å². The summed E-state index contributed by atoms with van der Waals surface area (Å²) in [5, 5.41) is 37.1. The second-order valence-electron chi connectivity index (χ2n) is 10.3. The molecule has 27 heteroatoms. The smallest absolute Gasteiger partial charge is 0.744 e.